The van der Waals surface area contributed by atoms with Gasteiger partial charge in [-0.3, -0.25) is 9.69 Å². The molecule has 2 aromatic carbocycles. The van der Waals surface area contributed by atoms with Crippen LogP contribution in [-0.2, 0) is 4.79 Å². The fourth-order valence-electron chi connectivity index (χ4n) is 3.94. The molecule has 0 unspecified atom stereocenters. The van der Waals surface area contributed by atoms with E-state index < -0.39 is 6.23 Å². The van der Waals surface area contributed by atoms with E-state index in [1.54, 1.807) is 36.9 Å². The first-order valence-corrected chi connectivity index (χ1v) is 12.2. The first kappa shape index (κ1) is 23.8. The van der Waals surface area contributed by atoms with Gasteiger partial charge in [0.15, 0.2) is 17.2 Å². The zero-order valence-corrected chi connectivity index (χ0v) is 20.6. The summed E-state index contributed by atoms with van der Waals surface area (Å²) in [6, 6.07) is 13.0. The molecule has 0 fully saturated rings. The summed E-state index contributed by atoms with van der Waals surface area (Å²) in [6.07, 6.45) is 2.53. The lowest BCUT2D eigenvalue weighted by Gasteiger charge is -2.31. The molecule has 4 rings (SSSR count). The Hall–Kier alpha value is -3.33. The van der Waals surface area contributed by atoms with Crippen LogP contribution in [0.1, 0.15) is 44.9 Å². The van der Waals surface area contributed by atoms with Gasteiger partial charge < -0.3 is 14.2 Å². The summed E-state index contributed by atoms with van der Waals surface area (Å²) in [7, 11) is 3.13. The number of ether oxygens (including phenoxy) is 3. The van der Waals surface area contributed by atoms with Crippen molar-refractivity contribution in [1.82, 2.24) is 15.2 Å². The van der Waals surface area contributed by atoms with Crippen LogP contribution in [0.25, 0.3) is 11.3 Å². The average Bonchev–Trinajstić information content (AvgIpc) is 3.00. The molecule has 0 bridgehead atoms. The number of benzene rings is 2. The fraction of sp³-hybridized carbons (Fsp3) is 0.360. The second-order valence-corrected chi connectivity index (χ2v) is 8.82. The maximum absolute atomic E-state index is 13.0. The Labute approximate surface area is 203 Å². The first-order chi connectivity index (χ1) is 16.6. The summed E-state index contributed by atoms with van der Waals surface area (Å²) in [5.74, 6) is 2.05. The highest BCUT2D eigenvalue weighted by atomic mass is 32.2. The van der Waals surface area contributed by atoms with Crippen LogP contribution in [0.4, 0.5) is 5.69 Å². The van der Waals surface area contributed by atoms with Crippen LogP contribution in [0, 0.1) is 0 Å². The molecule has 1 atom stereocenters. The normalized spacial score (nSPS) is 14.5. The number of aromatic nitrogens is 3. The van der Waals surface area contributed by atoms with E-state index in [2.05, 4.69) is 17.1 Å². The zero-order valence-electron chi connectivity index (χ0n) is 19.8. The van der Waals surface area contributed by atoms with Crippen molar-refractivity contribution in [3.05, 3.63) is 48.0 Å². The van der Waals surface area contributed by atoms with Gasteiger partial charge in [0.05, 0.1) is 25.5 Å². The summed E-state index contributed by atoms with van der Waals surface area (Å²) < 4.78 is 17.6. The van der Waals surface area contributed by atoms with Crippen LogP contribution in [0.5, 0.6) is 17.4 Å². The standard InChI is InChI=1S/C25H28N4O4S/c1-5-6-9-15-34-25-26-23-21(27-28-25)17-11-7-8-13-19(17)29(16(2)30)24(33-23)18-12-10-14-20(31-3)22(18)32-4/h7-8,10-14,24H,5-6,9,15H2,1-4H3/t24-/m1/s1. The number of methoxy groups -OCH3 is 2. The highest BCUT2D eigenvalue weighted by Crippen LogP contribution is 2.46. The number of nitrogens with zero attached hydrogens (tertiary/aromatic N) is 4. The number of carbonyl (C=O) groups excluding carboxylic acids is 1. The molecular formula is C25H28N4O4S. The van der Waals surface area contributed by atoms with Crippen molar-refractivity contribution >= 4 is 23.4 Å². The lowest BCUT2D eigenvalue weighted by atomic mass is 10.1. The van der Waals surface area contributed by atoms with Gasteiger partial charge in [-0.1, -0.05) is 55.8 Å². The molecule has 0 spiro atoms. The summed E-state index contributed by atoms with van der Waals surface area (Å²) in [5.41, 5.74) is 2.50. The first-order valence-electron chi connectivity index (χ1n) is 11.2. The van der Waals surface area contributed by atoms with Gasteiger partial charge in [-0.05, 0) is 24.6 Å². The minimum atomic E-state index is -0.848. The molecular weight excluding hydrogens is 452 g/mol. The Morgan fingerprint density at radius 1 is 1.09 bits per heavy atom. The van der Waals surface area contributed by atoms with Gasteiger partial charge in [0.1, 0.15) is 0 Å². The monoisotopic (exact) mass is 480 g/mol. The Morgan fingerprint density at radius 3 is 2.65 bits per heavy atom. The van der Waals surface area contributed by atoms with Gasteiger partial charge >= 0.3 is 0 Å². The van der Waals surface area contributed by atoms with Crippen LogP contribution >= 0.6 is 11.8 Å². The van der Waals surface area contributed by atoms with Crippen LogP contribution in [0.2, 0.25) is 0 Å². The van der Waals surface area contributed by atoms with E-state index >= 15 is 0 Å². The van der Waals surface area contributed by atoms with E-state index in [-0.39, 0.29) is 5.91 Å². The highest BCUT2D eigenvalue weighted by Gasteiger charge is 2.36. The molecule has 0 saturated carbocycles. The quantitative estimate of drug-likeness (QED) is 0.318. The molecule has 8 nitrogen and oxygen atoms in total. The van der Waals surface area contributed by atoms with Crippen molar-refractivity contribution in [2.24, 2.45) is 0 Å². The maximum Gasteiger partial charge on any atom is 0.247 e. The summed E-state index contributed by atoms with van der Waals surface area (Å²) >= 11 is 1.55. The number of thioether (sulfide) groups is 1. The van der Waals surface area contributed by atoms with Crippen molar-refractivity contribution in [3.63, 3.8) is 0 Å². The average molecular weight is 481 g/mol. The van der Waals surface area contributed by atoms with Gasteiger partial charge in [0.25, 0.3) is 0 Å². The van der Waals surface area contributed by atoms with Gasteiger partial charge in [-0.25, -0.2) is 0 Å². The molecule has 0 radical (unpaired) electrons. The number of hydrogen-bond acceptors (Lipinski definition) is 8. The molecule has 0 N–H and O–H groups in total. The third-order valence-electron chi connectivity index (χ3n) is 5.53. The highest BCUT2D eigenvalue weighted by molar-refractivity contribution is 7.99. The largest absolute Gasteiger partial charge is 0.493 e. The molecule has 1 aliphatic heterocycles. The van der Waals surface area contributed by atoms with Crippen LogP contribution < -0.4 is 19.1 Å². The van der Waals surface area contributed by atoms with Gasteiger partial charge in [-0.15, -0.1) is 10.2 Å². The lowest BCUT2D eigenvalue weighted by molar-refractivity contribution is -0.118. The van der Waals surface area contributed by atoms with Gasteiger partial charge in [-0.2, -0.15) is 4.98 Å². The van der Waals surface area contributed by atoms with Crippen LogP contribution in [-0.4, -0.2) is 41.1 Å². The molecule has 0 saturated heterocycles. The van der Waals surface area contributed by atoms with Crippen molar-refractivity contribution in [1.29, 1.82) is 0 Å². The molecule has 0 aliphatic carbocycles. The fourth-order valence-corrected chi connectivity index (χ4v) is 4.72. The molecule has 1 amide bonds. The van der Waals surface area contributed by atoms with Gasteiger partial charge in [0, 0.05) is 18.2 Å². The van der Waals surface area contributed by atoms with E-state index in [1.807, 2.05) is 36.4 Å². The van der Waals surface area contributed by atoms with E-state index in [0.717, 1.165) is 30.6 Å². The zero-order chi connectivity index (χ0) is 24.1. The molecule has 9 heteroatoms. The number of para-hydroxylation sites is 2. The van der Waals surface area contributed by atoms with E-state index in [9.17, 15) is 4.79 Å². The number of fused-ring (bicyclic) bond motifs is 3. The summed E-state index contributed by atoms with van der Waals surface area (Å²) in [5, 5.41) is 9.34. The van der Waals surface area contributed by atoms with E-state index in [1.165, 1.54) is 6.92 Å². The predicted molar refractivity (Wildman–Crippen MR) is 132 cm³/mol. The predicted octanol–water partition coefficient (Wildman–Crippen LogP) is 5.28. The molecule has 34 heavy (non-hydrogen) atoms. The number of anilines is 1. The minimum absolute atomic E-state index is 0.197. The number of hydrogen-bond donors (Lipinski definition) is 0. The molecule has 3 aromatic rings. The number of amides is 1. The SMILES string of the molecule is CCCCCSc1nnc2c(n1)O[C@H](c1cccc(OC)c1OC)N(C(C)=O)c1ccccc1-2. The Balaban J connectivity index is 1.85. The third-order valence-corrected chi connectivity index (χ3v) is 6.45. The van der Waals surface area contributed by atoms with Crippen molar-refractivity contribution < 1.29 is 19.0 Å². The second kappa shape index (κ2) is 10.7. The molecule has 1 aliphatic rings. The van der Waals surface area contributed by atoms with Crippen molar-refractivity contribution in [3.8, 4) is 28.6 Å². The Morgan fingerprint density at radius 2 is 1.91 bits per heavy atom. The minimum Gasteiger partial charge on any atom is -0.493 e. The van der Waals surface area contributed by atoms with Gasteiger partial charge in [0.2, 0.25) is 23.2 Å². The van der Waals surface area contributed by atoms with Crippen molar-refractivity contribution in [2.45, 2.75) is 44.5 Å². The molecule has 1 aromatic heterocycles. The van der Waals surface area contributed by atoms with Crippen LogP contribution in [0.15, 0.2) is 47.6 Å². The third kappa shape index (κ3) is 4.65. The second-order valence-electron chi connectivity index (χ2n) is 7.76. The van der Waals surface area contributed by atoms with Crippen LogP contribution in [0.3, 0.4) is 0 Å². The molecule has 178 valence electrons. The lowest BCUT2D eigenvalue weighted by Crippen LogP contribution is -2.36. The topological polar surface area (TPSA) is 86.7 Å². The van der Waals surface area contributed by atoms with Crippen molar-refractivity contribution in [2.75, 3.05) is 24.9 Å². The number of rotatable bonds is 8. The Bertz CT molecular complexity index is 1170. The molecule has 2 heterocycles. The smallest absolute Gasteiger partial charge is 0.247 e. The summed E-state index contributed by atoms with van der Waals surface area (Å²) in [6.45, 7) is 3.67. The van der Waals surface area contributed by atoms with E-state index in [4.69, 9.17) is 19.2 Å². The Kier molecular flexibility index (Phi) is 7.52. The number of carbonyl (C=O) groups is 1. The number of unbranched alkanes of at least 4 members (excludes halogenated alkanes) is 2. The summed E-state index contributed by atoms with van der Waals surface area (Å²) in [4.78, 5) is 19.3. The van der Waals surface area contributed by atoms with E-state index in [0.29, 0.717) is 39.5 Å². The maximum atomic E-state index is 13.0.